The number of likely N-dealkylation sites (tertiary alicyclic amines) is 1. The molecule has 1 aliphatic heterocycles. The van der Waals surface area contributed by atoms with Crippen LogP contribution in [0.3, 0.4) is 0 Å². The maximum atomic E-state index is 13.3. The van der Waals surface area contributed by atoms with Crippen LogP contribution in [-0.2, 0) is 11.3 Å². The summed E-state index contributed by atoms with van der Waals surface area (Å²) in [5, 5.41) is 14.2. The number of carbonyl (C=O) groups excluding carboxylic acids is 1. The summed E-state index contributed by atoms with van der Waals surface area (Å²) in [5.41, 5.74) is 2.66. The van der Waals surface area contributed by atoms with E-state index in [1.54, 1.807) is 11.1 Å². The number of carbonyl (C=O) groups is 2. The highest BCUT2D eigenvalue weighted by atomic mass is 16.4. The number of aromatic nitrogens is 2. The van der Waals surface area contributed by atoms with Crippen LogP contribution in [0.25, 0.3) is 0 Å². The Morgan fingerprint density at radius 3 is 2.50 bits per heavy atom. The molecule has 4 rings (SSSR count). The van der Waals surface area contributed by atoms with E-state index in [1.165, 1.54) is 0 Å². The second kappa shape index (κ2) is 7.41. The first-order valence-corrected chi connectivity index (χ1v) is 10.1. The second-order valence-electron chi connectivity index (χ2n) is 8.47. The number of carboxylic acids is 1. The number of rotatable bonds is 6. The van der Waals surface area contributed by atoms with Gasteiger partial charge in [-0.1, -0.05) is 44.2 Å². The summed E-state index contributed by atoms with van der Waals surface area (Å²) in [4.78, 5) is 26.9. The lowest BCUT2D eigenvalue weighted by Crippen LogP contribution is -2.30. The minimum Gasteiger partial charge on any atom is -0.481 e. The second-order valence-corrected chi connectivity index (χ2v) is 8.47. The third kappa shape index (κ3) is 3.55. The molecular formula is C22H27N3O3. The van der Waals surface area contributed by atoms with Crippen LogP contribution in [0.1, 0.15) is 60.1 Å². The summed E-state index contributed by atoms with van der Waals surface area (Å²) in [6.45, 7) is 5.75. The number of benzene rings is 1. The zero-order chi connectivity index (χ0) is 19.8. The number of hydrogen-bond donors (Lipinski definition) is 1. The molecule has 2 aliphatic rings. The highest BCUT2D eigenvalue weighted by Gasteiger charge is 2.42. The Balaban J connectivity index is 1.60. The lowest BCUT2D eigenvalue weighted by molar-refractivity contribution is -0.141. The Morgan fingerprint density at radius 2 is 1.89 bits per heavy atom. The quantitative estimate of drug-likeness (QED) is 0.833. The van der Waals surface area contributed by atoms with Crippen molar-refractivity contribution in [3.05, 3.63) is 53.3 Å². The van der Waals surface area contributed by atoms with Gasteiger partial charge in [-0.3, -0.25) is 14.3 Å². The lowest BCUT2D eigenvalue weighted by Gasteiger charge is -2.17. The van der Waals surface area contributed by atoms with Crippen molar-refractivity contribution < 1.29 is 14.7 Å². The molecule has 1 aromatic heterocycles. The fraction of sp³-hybridized carbons (Fsp3) is 0.500. The van der Waals surface area contributed by atoms with Crippen molar-refractivity contribution in [1.82, 2.24) is 14.7 Å². The molecule has 0 bridgehead atoms. The predicted molar refractivity (Wildman–Crippen MR) is 105 cm³/mol. The Kier molecular flexibility index (Phi) is 4.96. The van der Waals surface area contributed by atoms with Crippen LogP contribution in [0, 0.1) is 11.8 Å². The molecule has 0 radical (unpaired) electrons. The fourth-order valence-electron chi connectivity index (χ4n) is 4.27. The number of amides is 1. The van der Waals surface area contributed by atoms with Gasteiger partial charge in [0.05, 0.1) is 23.4 Å². The van der Waals surface area contributed by atoms with E-state index in [0.717, 1.165) is 30.6 Å². The largest absolute Gasteiger partial charge is 0.481 e. The maximum absolute atomic E-state index is 13.3. The van der Waals surface area contributed by atoms with E-state index in [9.17, 15) is 14.7 Å². The van der Waals surface area contributed by atoms with Crippen molar-refractivity contribution in [1.29, 1.82) is 0 Å². The average molecular weight is 381 g/mol. The molecule has 1 amide bonds. The van der Waals surface area contributed by atoms with E-state index >= 15 is 0 Å². The molecule has 2 heterocycles. The van der Waals surface area contributed by atoms with E-state index in [-0.39, 0.29) is 18.4 Å². The molecule has 2 aromatic rings. The minimum atomic E-state index is -0.845. The van der Waals surface area contributed by atoms with Crippen molar-refractivity contribution in [2.24, 2.45) is 11.8 Å². The molecule has 1 saturated heterocycles. The van der Waals surface area contributed by atoms with Crippen LogP contribution in [0.2, 0.25) is 0 Å². The van der Waals surface area contributed by atoms with Gasteiger partial charge in [0.25, 0.3) is 5.91 Å². The molecule has 1 aromatic carbocycles. The van der Waals surface area contributed by atoms with E-state index in [4.69, 9.17) is 0 Å². The number of aliphatic carboxylic acids is 1. The molecule has 2 unspecified atom stereocenters. The maximum Gasteiger partial charge on any atom is 0.308 e. The topological polar surface area (TPSA) is 75.4 Å². The molecule has 1 aliphatic carbocycles. The van der Waals surface area contributed by atoms with Gasteiger partial charge in [-0.05, 0) is 24.3 Å². The number of carboxylic acid groups (broad SMARTS) is 1. The minimum absolute atomic E-state index is 0.0819. The lowest BCUT2D eigenvalue weighted by atomic mass is 9.89. The first-order valence-electron chi connectivity index (χ1n) is 10.1. The summed E-state index contributed by atoms with van der Waals surface area (Å²) < 4.78 is 1.98. The molecule has 2 fully saturated rings. The van der Waals surface area contributed by atoms with Crippen molar-refractivity contribution >= 4 is 11.9 Å². The van der Waals surface area contributed by atoms with Crippen LogP contribution < -0.4 is 0 Å². The number of nitrogens with zero attached hydrogens (tertiary/aromatic N) is 3. The van der Waals surface area contributed by atoms with Gasteiger partial charge < -0.3 is 10.0 Å². The highest BCUT2D eigenvalue weighted by molar-refractivity contribution is 5.96. The van der Waals surface area contributed by atoms with Crippen LogP contribution in [0.4, 0.5) is 0 Å². The van der Waals surface area contributed by atoms with E-state index in [1.807, 2.05) is 35.0 Å². The third-order valence-corrected chi connectivity index (χ3v) is 5.76. The third-order valence-electron chi connectivity index (χ3n) is 5.76. The van der Waals surface area contributed by atoms with Gasteiger partial charge in [0.15, 0.2) is 0 Å². The summed E-state index contributed by atoms with van der Waals surface area (Å²) >= 11 is 0. The Labute approximate surface area is 165 Å². The van der Waals surface area contributed by atoms with Gasteiger partial charge >= 0.3 is 5.97 Å². The normalized spacial score (nSPS) is 22.0. The number of hydrogen-bond acceptors (Lipinski definition) is 3. The van der Waals surface area contributed by atoms with Crippen LogP contribution >= 0.6 is 0 Å². The van der Waals surface area contributed by atoms with Crippen molar-refractivity contribution in [2.75, 3.05) is 13.1 Å². The van der Waals surface area contributed by atoms with E-state index in [2.05, 4.69) is 18.9 Å². The average Bonchev–Trinajstić information content (AvgIpc) is 3.26. The zero-order valence-electron chi connectivity index (χ0n) is 16.4. The first kappa shape index (κ1) is 18.7. The molecular weight excluding hydrogens is 354 g/mol. The van der Waals surface area contributed by atoms with Gasteiger partial charge in [0.2, 0.25) is 0 Å². The fourth-order valence-corrected chi connectivity index (χ4v) is 4.27. The molecule has 6 heteroatoms. The van der Waals surface area contributed by atoms with Crippen LogP contribution in [-0.4, -0.2) is 44.8 Å². The van der Waals surface area contributed by atoms with Gasteiger partial charge in [0.1, 0.15) is 0 Å². The van der Waals surface area contributed by atoms with Gasteiger partial charge in [-0.25, -0.2) is 0 Å². The SMILES string of the molecule is CC(C)Cn1ncc(C(=O)N2CC(C(=O)O)C(c3ccccc3)C2)c1C1CC1. The smallest absolute Gasteiger partial charge is 0.308 e. The van der Waals surface area contributed by atoms with E-state index < -0.39 is 11.9 Å². The van der Waals surface area contributed by atoms with E-state index in [0.29, 0.717) is 23.9 Å². The standard InChI is InChI=1S/C22H27N3O3/c1-14(2)11-25-20(16-8-9-16)17(10-23-25)21(26)24-12-18(19(13-24)22(27)28)15-6-4-3-5-7-15/h3-7,10,14,16,18-19H,8-9,11-13H2,1-2H3,(H,27,28). The monoisotopic (exact) mass is 381 g/mol. The molecule has 1 saturated carbocycles. The summed E-state index contributed by atoms with van der Waals surface area (Å²) in [6, 6.07) is 9.65. The first-order chi connectivity index (χ1) is 13.5. The van der Waals surface area contributed by atoms with Crippen molar-refractivity contribution in [2.45, 2.75) is 45.1 Å². The Bertz CT molecular complexity index is 870. The molecule has 148 valence electrons. The molecule has 0 spiro atoms. The van der Waals surface area contributed by atoms with Crippen molar-refractivity contribution in [3.63, 3.8) is 0 Å². The van der Waals surface area contributed by atoms with Gasteiger partial charge in [-0.15, -0.1) is 0 Å². The van der Waals surface area contributed by atoms with Gasteiger partial charge in [0, 0.05) is 31.5 Å². The molecule has 28 heavy (non-hydrogen) atoms. The Hall–Kier alpha value is -2.63. The van der Waals surface area contributed by atoms with Crippen LogP contribution in [0.15, 0.2) is 36.5 Å². The summed E-state index contributed by atoms with van der Waals surface area (Å²) in [7, 11) is 0. The van der Waals surface area contributed by atoms with Crippen LogP contribution in [0.5, 0.6) is 0 Å². The van der Waals surface area contributed by atoms with Crippen molar-refractivity contribution in [3.8, 4) is 0 Å². The van der Waals surface area contributed by atoms with Gasteiger partial charge in [-0.2, -0.15) is 5.10 Å². The zero-order valence-corrected chi connectivity index (χ0v) is 16.4. The molecule has 2 atom stereocenters. The highest BCUT2D eigenvalue weighted by Crippen LogP contribution is 2.43. The Morgan fingerprint density at radius 1 is 1.18 bits per heavy atom. The summed E-state index contributed by atoms with van der Waals surface area (Å²) in [6.07, 6.45) is 3.87. The molecule has 6 nitrogen and oxygen atoms in total. The molecule has 1 N–H and O–H groups in total. The summed E-state index contributed by atoms with van der Waals surface area (Å²) in [5.74, 6) is -0.836. The predicted octanol–water partition coefficient (Wildman–Crippen LogP) is 3.36.